The van der Waals surface area contributed by atoms with Crippen molar-refractivity contribution in [1.82, 2.24) is 10.3 Å². The fourth-order valence-corrected chi connectivity index (χ4v) is 3.29. The summed E-state index contributed by atoms with van der Waals surface area (Å²) in [7, 11) is 0. The molecule has 0 unspecified atom stereocenters. The highest BCUT2D eigenvalue weighted by Gasteiger charge is 2.22. The highest BCUT2D eigenvalue weighted by Crippen LogP contribution is 2.14. The number of amides is 2. The number of benzene rings is 1. The largest absolute Gasteiger partial charge is 0.339 e. The number of aromatic nitrogens is 1. The first-order chi connectivity index (χ1) is 13.9. The van der Waals surface area contributed by atoms with Crippen LogP contribution in [0.1, 0.15) is 66.0 Å². The number of Topliss-reactive ketones (excluding diaryl/α,β-unsaturated/α-hetero) is 2. The Labute approximate surface area is 173 Å². The quantitative estimate of drug-likeness (QED) is 0.431. The summed E-state index contributed by atoms with van der Waals surface area (Å²) in [5.74, 6) is -0.659. The van der Waals surface area contributed by atoms with Crippen LogP contribution in [0.25, 0.3) is 0 Å². The monoisotopic (exact) mass is 415 g/mol. The van der Waals surface area contributed by atoms with Crippen LogP contribution in [-0.4, -0.2) is 34.4 Å². The third-order valence-corrected chi connectivity index (χ3v) is 5.11. The summed E-state index contributed by atoms with van der Waals surface area (Å²) in [6.45, 7) is 3.01. The first-order valence-corrected chi connectivity index (χ1v) is 10.4. The topological polar surface area (TPSA) is 105 Å². The van der Waals surface area contributed by atoms with Crippen molar-refractivity contribution in [2.45, 2.75) is 52.0 Å². The molecule has 1 atom stereocenters. The molecule has 0 aliphatic heterocycles. The van der Waals surface area contributed by atoms with Crippen molar-refractivity contribution in [2.75, 3.05) is 5.32 Å². The van der Waals surface area contributed by atoms with Crippen LogP contribution in [-0.2, 0) is 9.59 Å². The van der Waals surface area contributed by atoms with E-state index in [9.17, 15) is 19.2 Å². The molecule has 0 fully saturated rings. The van der Waals surface area contributed by atoms with Crippen molar-refractivity contribution < 1.29 is 19.2 Å². The average molecular weight is 416 g/mol. The van der Waals surface area contributed by atoms with Gasteiger partial charge in [-0.05, 0) is 38.8 Å². The van der Waals surface area contributed by atoms with E-state index in [2.05, 4.69) is 15.6 Å². The molecule has 1 heterocycles. The van der Waals surface area contributed by atoms with E-state index in [0.717, 1.165) is 12.8 Å². The van der Waals surface area contributed by atoms with Crippen molar-refractivity contribution in [2.24, 2.45) is 0 Å². The molecule has 0 saturated heterocycles. The van der Waals surface area contributed by atoms with E-state index in [4.69, 9.17) is 0 Å². The van der Waals surface area contributed by atoms with Crippen LogP contribution in [0.2, 0.25) is 0 Å². The number of rotatable bonds is 11. The van der Waals surface area contributed by atoms with Gasteiger partial charge in [0.25, 0.3) is 5.91 Å². The van der Waals surface area contributed by atoms with Gasteiger partial charge in [0.1, 0.15) is 16.7 Å². The molecule has 7 nitrogen and oxygen atoms in total. The highest BCUT2D eigenvalue weighted by atomic mass is 32.1. The molecule has 2 N–H and O–H groups in total. The van der Waals surface area contributed by atoms with Gasteiger partial charge >= 0.3 is 0 Å². The second-order valence-electron chi connectivity index (χ2n) is 6.82. The number of nitrogens with one attached hydrogen (secondary N) is 2. The lowest BCUT2D eigenvalue weighted by molar-refractivity contribution is -0.118. The molecule has 0 aliphatic rings. The lowest BCUT2D eigenvalue weighted by Gasteiger charge is -2.18. The molecule has 2 rings (SSSR count). The summed E-state index contributed by atoms with van der Waals surface area (Å²) in [4.78, 5) is 52.1. The fraction of sp³-hybridized carbons (Fsp3) is 0.381. The van der Waals surface area contributed by atoms with E-state index < -0.39 is 6.04 Å². The minimum Gasteiger partial charge on any atom is -0.339 e. The molecule has 0 radical (unpaired) electrons. The Morgan fingerprint density at radius 3 is 2.55 bits per heavy atom. The zero-order valence-electron chi connectivity index (χ0n) is 16.6. The molecule has 0 spiro atoms. The second kappa shape index (κ2) is 11.2. The van der Waals surface area contributed by atoms with Crippen molar-refractivity contribution in [3.8, 4) is 0 Å². The summed E-state index contributed by atoms with van der Waals surface area (Å²) in [5.41, 5.74) is 2.55. The Morgan fingerprint density at radius 1 is 1.10 bits per heavy atom. The summed E-state index contributed by atoms with van der Waals surface area (Å²) in [5, 5.41) is 5.54. The van der Waals surface area contributed by atoms with E-state index in [0.29, 0.717) is 35.4 Å². The first kappa shape index (κ1) is 22.4. The van der Waals surface area contributed by atoms with Crippen LogP contribution in [0.4, 0.5) is 5.69 Å². The molecule has 154 valence electrons. The Hall–Kier alpha value is -2.87. The summed E-state index contributed by atoms with van der Waals surface area (Å²) < 4.78 is 0. The predicted molar refractivity (Wildman–Crippen MR) is 112 cm³/mol. The average Bonchev–Trinajstić information content (AvgIpc) is 3.21. The van der Waals surface area contributed by atoms with Crippen LogP contribution in [0.5, 0.6) is 0 Å². The van der Waals surface area contributed by atoms with Gasteiger partial charge in [-0.15, -0.1) is 11.3 Å². The number of carbonyl (C=O) groups is 4. The molecule has 8 heteroatoms. The van der Waals surface area contributed by atoms with E-state index in [1.165, 1.54) is 24.5 Å². The minimum absolute atomic E-state index is 0.0957. The zero-order chi connectivity index (χ0) is 21.2. The Bertz CT molecular complexity index is 865. The molecular formula is C21H25N3O4S. The van der Waals surface area contributed by atoms with E-state index in [1.54, 1.807) is 36.7 Å². The number of anilines is 1. The molecule has 1 aromatic heterocycles. The molecule has 0 aliphatic carbocycles. The van der Waals surface area contributed by atoms with Gasteiger partial charge in [-0.3, -0.25) is 19.4 Å². The number of hydrogen-bond donors (Lipinski definition) is 2. The molecule has 0 saturated carbocycles. The van der Waals surface area contributed by atoms with Gasteiger partial charge in [0, 0.05) is 17.7 Å². The van der Waals surface area contributed by atoms with Crippen LogP contribution in [0, 0.1) is 0 Å². The standard InChI is InChI=1S/C21H25N3O4S/c1-14(25)7-4-3-5-10-18(24-21(28)19-12-22-13-29-19)20(27)23-17-9-6-8-16(11-17)15(2)26/h6,8-9,11-13,18H,3-5,7,10H2,1-2H3,(H,23,27)(H,24,28)/t18-/m0/s1. The van der Waals surface area contributed by atoms with Crippen LogP contribution in [0.3, 0.4) is 0 Å². The van der Waals surface area contributed by atoms with Crippen LogP contribution >= 0.6 is 11.3 Å². The maximum Gasteiger partial charge on any atom is 0.263 e. The smallest absolute Gasteiger partial charge is 0.263 e. The molecule has 0 bridgehead atoms. The predicted octanol–water partition coefficient (Wildman–Crippen LogP) is 3.62. The third kappa shape index (κ3) is 7.57. The van der Waals surface area contributed by atoms with Gasteiger partial charge in [0.2, 0.25) is 5.91 Å². The number of nitrogens with zero attached hydrogens (tertiary/aromatic N) is 1. The summed E-state index contributed by atoms with van der Waals surface area (Å²) in [6.07, 6.45) is 4.66. The van der Waals surface area contributed by atoms with Crippen molar-refractivity contribution in [3.05, 3.63) is 46.4 Å². The van der Waals surface area contributed by atoms with Gasteiger partial charge in [0.15, 0.2) is 5.78 Å². The van der Waals surface area contributed by atoms with Gasteiger partial charge in [-0.1, -0.05) is 25.0 Å². The van der Waals surface area contributed by atoms with Crippen molar-refractivity contribution in [1.29, 1.82) is 0 Å². The van der Waals surface area contributed by atoms with Crippen LogP contribution < -0.4 is 10.6 Å². The number of thiazole rings is 1. The normalized spacial score (nSPS) is 11.5. The number of ketones is 2. The SMILES string of the molecule is CC(=O)CCCCC[C@H](NC(=O)c1cncs1)C(=O)Nc1cccc(C(C)=O)c1. The molecule has 1 aromatic carbocycles. The van der Waals surface area contributed by atoms with Crippen molar-refractivity contribution in [3.63, 3.8) is 0 Å². The van der Waals surface area contributed by atoms with Gasteiger partial charge in [0.05, 0.1) is 11.7 Å². The highest BCUT2D eigenvalue weighted by molar-refractivity contribution is 7.11. The van der Waals surface area contributed by atoms with Crippen LogP contribution in [0.15, 0.2) is 36.0 Å². The lowest BCUT2D eigenvalue weighted by Crippen LogP contribution is -2.43. The van der Waals surface area contributed by atoms with Gasteiger partial charge in [-0.25, -0.2) is 0 Å². The zero-order valence-corrected chi connectivity index (χ0v) is 17.4. The lowest BCUT2D eigenvalue weighted by atomic mass is 10.0. The van der Waals surface area contributed by atoms with Crippen molar-refractivity contribution >= 4 is 40.4 Å². The number of hydrogen-bond acceptors (Lipinski definition) is 6. The van der Waals surface area contributed by atoms with Gasteiger partial charge < -0.3 is 15.4 Å². The summed E-state index contributed by atoms with van der Waals surface area (Å²) >= 11 is 1.20. The Balaban J connectivity index is 2.02. The summed E-state index contributed by atoms with van der Waals surface area (Å²) in [6, 6.07) is 5.94. The number of unbranched alkanes of at least 4 members (excludes halogenated alkanes) is 2. The van der Waals surface area contributed by atoms with E-state index >= 15 is 0 Å². The minimum atomic E-state index is -0.733. The molecule has 2 amide bonds. The third-order valence-electron chi connectivity index (χ3n) is 4.34. The van der Waals surface area contributed by atoms with Gasteiger partial charge in [-0.2, -0.15) is 0 Å². The first-order valence-electron chi connectivity index (χ1n) is 9.47. The maximum atomic E-state index is 12.8. The van der Waals surface area contributed by atoms with E-state index in [1.807, 2.05) is 0 Å². The maximum absolute atomic E-state index is 12.8. The second-order valence-corrected chi connectivity index (χ2v) is 7.71. The molecule has 2 aromatic rings. The Kier molecular flexibility index (Phi) is 8.67. The molecule has 29 heavy (non-hydrogen) atoms. The van der Waals surface area contributed by atoms with E-state index in [-0.39, 0.29) is 23.4 Å². The fourth-order valence-electron chi connectivity index (χ4n) is 2.77. The Morgan fingerprint density at radius 2 is 1.90 bits per heavy atom. The number of carbonyl (C=O) groups excluding carboxylic acids is 4. The molecular weight excluding hydrogens is 390 g/mol.